The van der Waals surface area contributed by atoms with Gasteiger partial charge in [0.1, 0.15) is 11.6 Å². The molecule has 0 aliphatic carbocycles. The molecule has 0 atom stereocenters. The van der Waals surface area contributed by atoms with Crippen molar-refractivity contribution in [3.8, 4) is 22.6 Å². The van der Waals surface area contributed by atoms with E-state index in [1.807, 2.05) is 12.1 Å². The van der Waals surface area contributed by atoms with Crippen molar-refractivity contribution in [3.05, 3.63) is 59.8 Å². The summed E-state index contributed by atoms with van der Waals surface area (Å²) < 4.78 is 14.9. The van der Waals surface area contributed by atoms with Gasteiger partial charge in [-0.05, 0) is 49.6 Å². The van der Waals surface area contributed by atoms with Gasteiger partial charge in [-0.25, -0.2) is 9.37 Å². The highest BCUT2D eigenvalue weighted by Crippen LogP contribution is 2.28. The van der Waals surface area contributed by atoms with Crippen molar-refractivity contribution in [1.82, 2.24) is 19.9 Å². The Bertz CT molecular complexity index is 1060. The first-order valence-electron chi connectivity index (χ1n) is 10.4. The fourth-order valence-corrected chi connectivity index (χ4v) is 3.73. The molecule has 5 nitrogen and oxygen atoms in total. The molecule has 1 aliphatic rings. The van der Waals surface area contributed by atoms with Crippen LogP contribution >= 0.6 is 0 Å². The number of carbonyl (C=O) groups is 1. The second-order valence-electron chi connectivity index (χ2n) is 8.86. The first kappa shape index (κ1) is 20.3. The number of amides is 1. The number of pyridine rings is 1. The molecule has 1 fully saturated rings. The number of rotatable bonds is 3. The largest absolute Gasteiger partial charge is 0.344 e. The fraction of sp³-hybridized carbons (Fsp3) is 0.375. The van der Waals surface area contributed by atoms with Crippen molar-refractivity contribution in [1.29, 1.82) is 0 Å². The number of carbonyl (C=O) groups excluding carboxylic acids is 1. The number of aromatic nitrogens is 3. The first-order chi connectivity index (χ1) is 14.3. The van der Waals surface area contributed by atoms with Crippen molar-refractivity contribution in [2.45, 2.75) is 45.4 Å². The van der Waals surface area contributed by atoms with Gasteiger partial charge in [-0.1, -0.05) is 20.8 Å². The van der Waals surface area contributed by atoms with Crippen molar-refractivity contribution >= 4 is 5.91 Å². The Balaban J connectivity index is 1.58. The third-order valence-corrected chi connectivity index (χ3v) is 5.51. The Labute approximate surface area is 176 Å². The summed E-state index contributed by atoms with van der Waals surface area (Å²) in [7, 11) is 0. The standard InChI is InChI=1S/C24H27FN4O/c1-24(2,3)21-14-16(9-10-26-21)22-27-15-20(28-22)18-8-7-17(13-19(18)25)23(30)29-11-5-4-6-12-29/h7-10,13-15H,4-6,11-12H2,1-3H3,(H,27,28). The number of likely N-dealkylation sites (tertiary alicyclic amines) is 1. The Hall–Kier alpha value is -3.02. The molecule has 1 saturated heterocycles. The Morgan fingerprint density at radius 3 is 2.57 bits per heavy atom. The van der Waals surface area contributed by atoms with E-state index >= 15 is 0 Å². The second kappa shape index (κ2) is 8.01. The molecule has 1 aliphatic heterocycles. The molecule has 4 rings (SSSR count). The maximum absolute atomic E-state index is 14.9. The van der Waals surface area contributed by atoms with E-state index in [0.717, 1.165) is 43.6 Å². The summed E-state index contributed by atoms with van der Waals surface area (Å²) in [6, 6.07) is 8.53. The van der Waals surface area contributed by atoms with Crippen LogP contribution < -0.4 is 0 Å². The van der Waals surface area contributed by atoms with Crippen LogP contribution in [-0.2, 0) is 5.41 Å². The van der Waals surface area contributed by atoms with Crippen LogP contribution in [-0.4, -0.2) is 38.8 Å². The van der Waals surface area contributed by atoms with E-state index in [-0.39, 0.29) is 11.3 Å². The number of H-pyrrole nitrogens is 1. The lowest BCUT2D eigenvalue weighted by Gasteiger charge is -2.26. The maximum Gasteiger partial charge on any atom is 0.253 e. The summed E-state index contributed by atoms with van der Waals surface area (Å²) in [6.07, 6.45) is 6.62. The van der Waals surface area contributed by atoms with Gasteiger partial charge in [0.25, 0.3) is 5.91 Å². The number of hydrogen-bond donors (Lipinski definition) is 1. The van der Waals surface area contributed by atoms with E-state index in [0.29, 0.717) is 22.6 Å². The average Bonchev–Trinajstić information content (AvgIpc) is 3.23. The summed E-state index contributed by atoms with van der Waals surface area (Å²) >= 11 is 0. The van der Waals surface area contributed by atoms with Gasteiger partial charge in [0.05, 0.1) is 5.69 Å². The van der Waals surface area contributed by atoms with Gasteiger partial charge in [-0.2, -0.15) is 0 Å². The van der Waals surface area contributed by atoms with Crippen LogP contribution in [0.2, 0.25) is 0 Å². The van der Waals surface area contributed by atoms with Crippen molar-refractivity contribution < 1.29 is 9.18 Å². The third kappa shape index (κ3) is 4.13. The van der Waals surface area contributed by atoms with Crippen molar-refractivity contribution in [2.75, 3.05) is 13.1 Å². The number of hydrogen-bond acceptors (Lipinski definition) is 3. The summed E-state index contributed by atoms with van der Waals surface area (Å²) in [5, 5.41) is 0. The van der Waals surface area contributed by atoms with Gasteiger partial charge in [-0.3, -0.25) is 9.78 Å². The topological polar surface area (TPSA) is 61.9 Å². The molecule has 0 spiro atoms. The monoisotopic (exact) mass is 406 g/mol. The molecule has 156 valence electrons. The lowest BCUT2D eigenvalue weighted by atomic mass is 9.91. The molecular weight excluding hydrogens is 379 g/mol. The van der Waals surface area contributed by atoms with E-state index in [9.17, 15) is 9.18 Å². The summed E-state index contributed by atoms with van der Waals surface area (Å²) in [4.78, 5) is 26.6. The highest BCUT2D eigenvalue weighted by atomic mass is 19.1. The molecule has 0 bridgehead atoms. The average molecular weight is 407 g/mol. The van der Waals surface area contributed by atoms with Crippen LogP contribution in [0.15, 0.2) is 42.7 Å². The van der Waals surface area contributed by atoms with Crippen LogP contribution in [0.25, 0.3) is 22.6 Å². The number of halogens is 1. The number of benzene rings is 1. The van der Waals surface area contributed by atoms with E-state index in [2.05, 4.69) is 35.7 Å². The summed E-state index contributed by atoms with van der Waals surface area (Å²) in [5.74, 6) is 0.112. The van der Waals surface area contributed by atoms with Crippen LogP contribution in [0.4, 0.5) is 4.39 Å². The minimum atomic E-state index is -0.444. The molecule has 0 radical (unpaired) electrons. The number of piperidine rings is 1. The molecule has 0 saturated carbocycles. The normalized spacial score (nSPS) is 14.7. The lowest BCUT2D eigenvalue weighted by molar-refractivity contribution is 0.0724. The SMILES string of the molecule is CC(C)(C)c1cc(-c2nc(-c3ccc(C(=O)N4CCCCC4)cc3F)c[nH]2)ccn1. The van der Waals surface area contributed by atoms with Gasteiger partial charge >= 0.3 is 0 Å². The van der Waals surface area contributed by atoms with Crippen LogP contribution in [0.1, 0.15) is 56.1 Å². The zero-order chi connectivity index (χ0) is 21.3. The lowest BCUT2D eigenvalue weighted by Crippen LogP contribution is -2.35. The van der Waals surface area contributed by atoms with Gasteiger partial charge in [0, 0.05) is 53.3 Å². The predicted octanol–water partition coefficient (Wildman–Crippen LogP) is 5.20. The molecule has 2 aromatic heterocycles. The minimum Gasteiger partial charge on any atom is -0.344 e. The molecule has 0 unspecified atom stereocenters. The Morgan fingerprint density at radius 1 is 1.10 bits per heavy atom. The molecule has 3 heterocycles. The Kier molecular flexibility index (Phi) is 5.41. The minimum absolute atomic E-state index is 0.0751. The molecule has 1 aromatic carbocycles. The summed E-state index contributed by atoms with van der Waals surface area (Å²) in [5.41, 5.74) is 3.06. The number of imidazole rings is 1. The van der Waals surface area contributed by atoms with Crippen molar-refractivity contribution in [3.63, 3.8) is 0 Å². The smallest absolute Gasteiger partial charge is 0.253 e. The van der Waals surface area contributed by atoms with Crippen LogP contribution in [0.5, 0.6) is 0 Å². The molecule has 1 amide bonds. The van der Waals surface area contributed by atoms with Gasteiger partial charge in [-0.15, -0.1) is 0 Å². The van der Waals surface area contributed by atoms with E-state index in [1.165, 1.54) is 6.07 Å². The first-order valence-corrected chi connectivity index (χ1v) is 10.4. The molecule has 1 N–H and O–H groups in total. The number of nitrogens with zero attached hydrogens (tertiary/aromatic N) is 3. The number of nitrogens with one attached hydrogen (secondary N) is 1. The predicted molar refractivity (Wildman–Crippen MR) is 116 cm³/mol. The molecule has 6 heteroatoms. The zero-order valence-electron chi connectivity index (χ0n) is 17.7. The molecule has 30 heavy (non-hydrogen) atoms. The van der Waals surface area contributed by atoms with E-state index < -0.39 is 5.82 Å². The second-order valence-corrected chi connectivity index (χ2v) is 8.86. The molecular formula is C24H27FN4O. The Morgan fingerprint density at radius 2 is 1.87 bits per heavy atom. The van der Waals surface area contributed by atoms with Gasteiger partial charge < -0.3 is 9.88 Å². The van der Waals surface area contributed by atoms with Crippen molar-refractivity contribution in [2.24, 2.45) is 0 Å². The molecule has 3 aromatic rings. The van der Waals surface area contributed by atoms with Crippen LogP contribution in [0.3, 0.4) is 0 Å². The van der Waals surface area contributed by atoms with E-state index in [4.69, 9.17) is 0 Å². The quantitative estimate of drug-likeness (QED) is 0.650. The van der Waals surface area contributed by atoms with Gasteiger partial charge in [0.2, 0.25) is 0 Å². The zero-order valence-corrected chi connectivity index (χ0v) is 17.7. The number of aromatic amines is 1. The van der Waals surface area contributed by atoms with Gasteiger partial charge in [0.15, 0.2) is 0 Å². The van der Waals surface area contributed by atoms with E-state index in [1.54, 1.807) is 29.4 Å². The third-order valence-electron chi connectivity index (χ3n) is 5.51. The summed E-state index contributed by atoms with van der Waals surface area (Å²) in [6.45, 7) is 7.80. The maximum atomic E-state index is 14.9. The van der Waals surface area contributed by atoms with Crippen LogP contribution in [0, 0.1) is 5.82 Å². The fourth-order valence-electron chi connectivity index (χ4n) is 3.73. The highest BCUT2D eigenvalue weighted by molar-refractivity contribution is 5.94. The highest BCUT2D eigenvalue weighted by Gasteiger charge is 2.21.